The van der Waals surface area contributed by atoms with Gasteiger partial charge in [-0.25, -0.2) is 0 Å². The molecule has 2 fully saturated rings. The third-order valence-electron chi connectivity index (χ3n) is 3.83. The normalized spacial score (nSPS) is 29.4. The average molecular weight is 225 g/mol. The van der Waals surface area contributed by atoms with E-state index in [9.17, 15) is 4.79 Å². The predicted molar refractivity (Wildman–Crippen MR) is 64.3 cm³/mol. The summed E-state index contributed by atoms with van der Waals surface area (Å²) >= 11 is 0. The Kier molecular flexibility index (Phi) is 3.82. The Morgan fingerprint density at radius 1 is 1.25 bits per heavy atom. The van der Waals surface area contributed by atoms with Crippen molar-refractivity contribution in [2.45, 2.75) is 38.8 Å². The summed E-state index contributed by atoms with van der Waals surface area (Å²) in [5, 5.41) is 3.47. The van der Waals surface area contributed by atoms with E-state index < -0.39 is 0 Å². The van der Waals surface area contributed by atoms with Crippen molar-refractivity contribution in [3.8, 4) is 0 Å². The fourth-order valence-electron chi connectivity index (χ4n) is 2.84. The third kappa shape index (κ3) is 2.74. The summed E-state index contributed by atoms with van der Waals surface area (Å²) in [5.41, 5.74) is 0. The van der Waals surface area contributed by atoms with Crippen LogP contribution in [0.5, 0.6) is 0 Å². The van der Waals surface area contributed by atoms with Gasteiger partial charge in [0.05, 0.1) is 0 Å². The minimum Gasteiger partial charge on any atom is -0.343 e. The topological polar surface area (TPSA) is 35.6 Å². The number of hydrogen-bond donors (Lipinski definition) is 1. The van der Waals surface area contributed by atoms with E-state index in [2.05, 4.69) is 17.1 Å². The molecular weight excluding hydrogens is 202 g/mol. The molecule has 92 valence electrons. The number of hydrogen-bond acceptors (Lipinski definition) is 3. The summed E-state index contributed by atoms with van der Waals surface area (Å²) in [6.07, 6.45) is 2.29. The number of piperazine rings is 1. The van der Waals surface area contributed by atoms with E-state index in [1.807, 2.05) is 4.90 Å². The average Bonchev–Trinajstić information content (AvgIpc) is 2.29. The number of nitrogens with zero attached hydrogens (tertiary/aromatic N) is 2. The Labute approximate surface area is 98.0 Å². The molecule has 0 bridgehead atoms. The van der Waals surface area contributed by atoms with Gasteiger partial charge < -0.3 is 10.2 Å². The SMILES string of the molecule is CC(=O)N1CCC(N2CCN[C@H](C)C2)CC1. The summed E-state index contributed by atoms with van der Waals surface area (Å²) in [4.78, 5) is 15.8. The van der Waals surface area contributed by atoms with Crippen molar-refractivity contribution < 1.29 is 4.79 Å². The largest absolute Gasteiger partial charge is 0.343 e. The molecule has 2 aliphatic heterocycles. The first-order valence-electron chi connectivity index (χ1n) is 6.40. The minimum absolute atomic E-state index is 0.229. The van der Waals surface area contributed by atoms with Crippen LogP contribution in [0, 0.1) is 0 Å². The van der Waals surface area contributed by atoms with Crippen LogP contribution in [0.1, 0.15) is 26.7 Å². The molecule has 2 aliphatic rings. The molecule has 1 atom stereocenters. The van der Waals surface area contributed by atoms with Gasteiger partial charge in [0.2, 0.25) is 5.91 Å². The molecule has 2 heterocycles. The first-order chi connectivity index (χ1) is 7.66. The highest BCUT2D eigenvalue weighted by Gasteiger charge is 2.27. The Hall–Kier alpha value is -0.610. The fourth-order valence-corrected chi connectivity index (χ4v) is 2.84. The molecule has 2 rings (SSSR count). The maximum Gasteiger partial charge on any atom is 0.219 e. The highest BCUT2D eigenvalue weighted by Crippen LogP contribution is 2.17. The smallest absolute Gasteiger partial charge is 0.219 e. The lowest BCUT2D eigenvalue weighted by molar-refractivity contribution is -0.130. The van der Waals surface area contributed by atoms with Crippen LogP contribution in [0.25, 0.3) is 0 Å². The van der Waals surface area contributed by atoms with E-state index in [0.717, 1.165) is 45.6 Å². The van der Waals surface area contributed by atoms with Gasteiger partial charge in [-0.15, -0.1) is 0 Å². The van der Waals surface area contributed by atoms with Crippen LogP contribution in [0.15, 0.2) is 0 Å². The summed E-state index contributed by atoms with van der Waals surface area (Å²) < 4.78 is 0. The molecule has 0 saturated carbocycles. The van der Waals surface area contributed by atoms with Gasteiger partial charge in [-0.05, 0) is 19.8 Å². The van der Waals surface area contributed by atoms with Crippen LogP contribution >= 0.6 is 0 Å². The zero-order chi connectivity index (χ0) is 11.5. The third-order valence-corrected chi connectivity index (χ3v) is 3.83. The molecule has 1 N–H and O–H groups in total. The lowest BCUT2D eigenvalue weighted by Gasteiger charge is -2.41. The zero-order valence-electron chi connectivity index (χ0n) is 10.4. The lowest BCUT2D eigenvalue weighted by atomic mass is 10.0. The Balaban J connectivity index is 1.81. The van der Waals surface area contributed by atoms with E-state index in [-0.39, 0.29) is 5.91 Å². The maximum atomic E-state index is 11.2. The lowest BCUT2D eigenvalue weighted by Crippen LogP contribution is -2.55. The predicted octanol–water partition coefficient (Wildman–Crippen LogP) is 0.291. The number of likely N-dealkylation sites (tertiary alicyclic amines) is 1. The number of carbonyl (C=O) groups is 1. The first-order valence-corrected chi connectivity index (χ1v) is 6.40. The monoisotopic (exact) mass is 225 g/mol. The molecule has 0 radical (unpaired) electrons. The van der Waals surface area contributed by atoms with Gasteiger partial charge in [0.1, 0.15) is 0 Å². The maximum absolute atomic E-state index is 11.2. The van der Waals surface area contributed by atoms with Crippen molar-refractivity contribution in [3.05, 3.63) is 0 Å². The molecule has 4 heteroatoms. The molecule has 16 heavy (non-hydrogen) atoms. The molecule has 0 aromatic carbocycles. The summed E-state index contributed by atoms with van der Waals surface area (Å²) in [7, 11) is 0. The quantitative estimate of drug-likeness (QED) is 0.697. The molecule has 2 saturated heterocycles. The Bertz CT molecular complexity index is 249. The standard InChI is InChI=1S/C12H23N3O/c1-10-9-15(8-5-13-10)12-3-6-14(7-4-12)11(2)16/h10,12-13H,3-9H2,1-2H3/t10-/m1/s1. The second-order valence-electron chi connectivity index (χ2n) is 5.09. The molecule has 1 amide bonds. The highest BCUT2D eigenvalue weighted by atomic mass is 16.2. The summed E-state index contributed by atoms with van der Waals surface area (Å²) in [6, 6.07) is 1.31. The van der Waals surface area contributed by atoms with Gasteiger partial charge in [-0.3, -0.25) is 9.69 Å². The molecular formula is C12H23N3O. The van der Waals surface area contributed by atoms with E-state index in [0.29, 0.717) is 12.1 Å². The molecule has 0 aromatic heterocycles. The number of piperidine rings is 1. The van der Waals surface area contributed by atoms with Gasteiger partial charge >= 0.3 is 0 Å². The molecule has 0 unspecified atom stereocenters. The van der Waals surface area contributed by atoms with E-state index in [4.69, 9.17) is 0 Å². The van der Waals surface area contributed by atoms with Crippen molar-refractivity contribution in [2.24, 2.45) is 0 Å². The number of rotatable bonds is 1. The highest BCUT2D eigenvalue weighted by molar-refractivity contribution is 5.73. The van der Waals surface area contributed by atoms with Crippen LogP contribution in [0.3, 0.4) is 0 Å². The van der Waals surface area contributed by atoms with E-state index >= 15 is 0 Å². The second-order valence-corrected chi connectivity index (χ2v) is 5.09. The Morgan fingerprint density at radius 2 is 1.94 bits per heavy atom. The van der Waals surface area contributed by atoms with Gasteiger partial charge in [0.25, 0.3) is 0 Å². The van der Waals surface area contributed by atoms with Gasteiger partial charge in [-0.1, -0.05) is 0 Å². The van der Waals surface area contributed by atoms with Crippen molar-refractivity contribution >= 4 is 5.91 Å². The molecule has 4 nitrogen and oxygen atoms in total. The van der Waals surface area contributed by atoms with E-state index in [1.54, 1.807) is 6.92 Å². The number of carbonyl (C=O) groups excluding carboxylic acids is 1. The van der Waals surface area contributed by atoms with Crippen LogP contribution in [0.2, 0.25) is 0 Å². The minimum atomic E-state index is 0.229. The van der Waals surface area contributed by atoms with Crippen molar-refractivity contribution in [1.29, 1.82) is 0 Å². The number of amides is 1. The van der Waals surface area contributed by atoms with Gasteiger partial charge in [0, 0.05) is 51.7 Å². The second kappa shape index (κ2) is 5.15. The molecule has 0 aromatic rings. The molecule has 0 aliphatic carbocycles. The number of nitrogens with one attached hydrogen (secondary N) is 1. The summed E-state index contributed by atoms with van der Waals surface area (Å²) in [6.45, 7) is 9.23. The van der Waals surface area contributed by atoms with Crippen LogP contribution in [-0.2, 0) is 4.79 Å². The van der Waals surface area contributed by atoms with Crippen LogP contribution in [0.4, 0.5) is 0 Å². The van der Waals surface area contributed by atoms with E-state index in [1.165, 1.54) is 0 Å². The summed E-state index contributed by atoms with van der Waals surface area (Å²) in [5.74, 6) is 0.229. The van der Waals surface area contributed by atoms with Gasteiger partial charge in [-0.2, -0.15) is 0 Å². The van der Waals surface area contributed by atoms with Crippen molar-refractivity contribution in [3.63, 3.8) is 0 Å². The van der Waals surface area contributed by atoms with Crippen LogP contribution < -0.4 is 5.32 Å². The van der Waals surface area contributed by atoms with Crippen molar-refractivity contribution in [2.75, 3.05) is 32.7 Å². The Morgan fingerprint density at radius 3 is 2.50 bits per heavy atom. The first kappa shape index (κ1) is 11.9. The van der Waals surface area contributed by atoms with Crippen LogP contribution in [-0.4, -0.2) is 60.5 Å². The zero-order valence-corrected chi connectivity index (χ0v) is 10.4. The fraction of sp³-hybridized carbons (Fsp3) is 0.917. The molecule has 0 spiro atoms. The van der Waals surface area contributed by atoms with Gasteiger partial charge in [0.15, 0.2) is 0 Å². The van der Waals surface area contributed by atoms with Crippen molar-refractivity contribution in [1.82, 2.24) is 15.1 Å².